The Morgan fingerprint density at radius 1 is 1.33 bits per heavy atom. The molecule has 1 saturated heterocycles. The van der Waals surface area contributed by atoms with Crippen LogP contribution in [0.1, 0.15) is 27.9 Å². The molecule has 1 fully saturated rings. The molecule has 0 spiro atoms. The van der Waals surface area contributed by atoms with Crippen LogP contribution >= 0.6 is 11.8 Å². The molecule has 0 aromatic heterocycles. The number of rotatable bonds is 3. The standard InChI is InChI=1S/C17H26N2OS/c1-13-6-7-15(10-14(13)2)17(20)19-8-5-9-21-12-16(19)11-18(3)4/h6-7,10,16H,5,8-9,11-12H2,1-4H3. The lowest BCUT2D eigenvalue weighted by Crippen LogP contribution is -2.46. The minimum Gasteiger partial charge on any atom is -0.334 e. The van der Waals surface area contributed by atoms with Gasteiger partial charge in [0.25, 0.3) is 5.91 Å². The number of thioether (sulfide) groups is 1. The summed E-state index contributed by atoms with van der Waals surface area (Å²) in [5.74, 6) is 2.38. The van der Waals surface area contributed by atoms with Crippen molar-refractivity contribution in [1.29, 1.82) is 0 Å². The van der Waals surface area contributed by atoms with Crippen molar-refractivity contribution in [3.63, 3.8) is 0 Å². The fourth-order valence-electron chi connectivity index (χ4n) is 2.71. The Balaban J connectivity index is 2.21. The lowest BCUT2D eigenvalue weighted by atomic mass is 10.0. The second-order valence-corrected chi connectivity index (χ2v) is 7.29. The van der Waals surface area contributed by atoms with Crippen LogP contribution in [0.5, 0.6) is 0 Å². The maximum Gasteiger partial charge on any atom is 0.254 e. The average Bonchev–Trinajstić information content (AvgIpc) is 2.66. The van der Waals surface area contributed by atoms with Gasteiger partial charge in [-0.15, -0.1) is 0 Å². The van der Waals surface area contributed by atoms with Crippen molar-refractivity contribution in [2.24, 2.45) is 0 Å². The van der Waals surface area contributed by atoms with Crippen LogP contribution in [0, 0.1) is 13.8 Å². The summed E-state index contributed by atoms with van der Waals surface area (Å²) < 4.78 is 0. The van der Waals surface area contributed by atoms with Crippen molar-refractivity contribution in [3.05, 3.63) is 34.9 Å². The van der Waals surface area contributed by atoms with Crippen LogP contribution in [0.2, 0.25) is 0 Å². The molecule has 1 aromatic carbocycles. The van der Waals surface area contributed by atoms with Crippen molar-refractivity contribution < 1.29 is 4.79 Å². The van der Waals surface area contributed by atoms with E-state index < -0.39 is 0 Å². The maximum absolute atomic E-state index is 12.9. The van der Waals surface area contributed by atoms with Gasteiger partial charge in [-0.1, -0.05) is 6.07 Å². The van der Waals surface area contributed by atoms with Gasteiger partial charge in [-0.2, -0.15) is 11.8 Å². The number of nitrogens with zero attached hydrogens (tertiary/aromatic N) is 2. The molecule has 0 saturated carbocycles. The first-order chi connectivity index (χ1) is 9.99. The minimum atomic E-state index is 0.187. The predicted octanol–water partition coefficient (Wildman–Crippen LogP) is 2.81. The van der Waals surface area contributed by atoms with Crippen molar-refractivity contribution in [2.75, 3.05) is 38.7 Å². The highest BCUT2D eigenvalue weighted by Crippen LogP contribution is 2.20. The van der Waals surface area contributed by atoms with E-state index in [4.69, 9.17) is 0 Å². The van der Waals surface area contributed by atoms with Crippen molar-refractivity contribution >= 4 is 17.7 Å². The predicted molar refractivity (Wildman–Crippen MR) is 91.2 cm³/mol. The summed E-state index contributed by atoms with van der Waals surface area (Å²) in [5, 5.41) is 0. The smallest absolute Gasteiger partial charge is 0.254 e. The number of aryl methyl sites for hydroxylation is 2. The van der Waals surface area contributed by atoms with Crippen molar-refractivity contribution in [2.45, 2.75) is 26.3 Å². The van der Waals surface area contributed by atoms with Crippen LogP contribution in [0.15, 0.2) is 18.2 Å². The highest BCUT2D eigenvalue weighted by molar-refractivity contribution is 7.99. The van der Waals surface area contributed by atoms with E-state index in [1.54, 1.807) is 0 Å². The van der Waals surface area contributed by atoms with Gasteiger partial charge < -0.3 is 9.80 Å². The van der Waals surface area contributed by atoms with Gasteiger partial charge in [0.1, 0.15) is 0 Å². The topological polar surface area (TPSA) is 23.6 Å². The third-order valence-electron chi connectivity index (χ3n) is 4.03. The van der Waals surface area contributed by atoms with E-state index in [0.717, 1.165) is 36.6 Å². The fraction of sp³-hybridized carbons (Fsp3) is 0.588. The van der Waals surface area contributed by atoms with Gasteiger partial charge in [0, 0.05) is 24.4 Å². The molecule has 21 heavy (non-hydrogen) atoms. The number of hydrogen-bond donors (Lipinski definition) is 0. The number of carbonyl (C=O) groups is 1. The monoisotopic (exact) mass is 306 g/mol. The molecule has 1 atom stereocenters. The van der Waals surface area contributed by atoms with Gasteiger partial charge in [-0.3, -0.25) is 4.79 Å². The number of amides is 1. The van der Waals surface area contributed by atoms with Gasteiger partial charge in [0.15, 0.2) is 0 Å². The van der Waals surface area contributed by atoms with Crippen LogP contribution in [-0.4, -0.2) is 60.4 Å². The van der Waals surface area contributed by atoms with E-state index in [9.17, 15) is 4.79 Å². The van der Waals surface area contributed by atoms with E-state index in [0.29, 0.717) is 6.04 Å². The summed E-state index contributed by atoms with van der Waals surface area (Å²) in [5.41, 5.74) is 3.26. The van der Waals surface area contributed by atoms with Gasteiger partial charge in [0.2, 0.25) is 0 Å². The Labute approximate surface area is 132 Å². The Morgan fingerprint density at radius 2 is 2.10 bits per heavy atom. The Hall–Kier alpha value is -1.00. The summed E-state index contributed by atoms with van der Waals surface area (Å²) in [6, 6.07) is 6.36. The normalized spacial score (nSPS) is 19.7. The van der Waals surface area contributed by atoms with Crippen LogP contribution in [0.3, 0.4) is 0 Å². The quantitative estimate of drug-likeness (QED) is 0.858. The highest BCUT2D eigenvalue weighted by atomic mass is 32.2. The SMILES string of the molecule is Cc1ccc(C(=O)N2CCCSCC2CN(C)C)cc1C. The summed E-state index contributed by atoms with van der Waals surface area (Å²) >= 11 is 1.97. The summed E-state index contributed by atoms with van der Waals surface area (Å²) in [6.07, 6.45) is 1.09. The number of hydrogen-bond acceptors (Lipinski definition) is 3. The summed E-state index contributed by atoms with van der Waals surface area (Å²) in [4.78, 5) is 17.2. The fourth-order valence-corrected chi connectivity index (χ4v) is 3.77. The molecule has 1 heterocycles. The zero-order valence-corrected chi connectivity index (χ0v) is 14.4. The van der Waals surface area contributed by atoms with Crippen LogP contribution in [0.25, 0.3) is 0 Å². The molecular formula is C17H26N2OS. The summed E-state index contributed by atoms with van der Waals surface area (Å²) in [6.45, 7) is 5.96. The molecule has 0 N–H and O–H groups in total. The molecule has 1 unspecified atom stereocenters. The van der Waals surface area contributed by atoms with Crippen molar-refractivity contribution in [1.82, 2.24) is 9.80 Å². The lowest BCUT2D eigenvalue weighted by molar-refractivity contribution is 0.0675. The number of likely N-dealkylation sites (N-methyl/N-ethyl adjacent to an activating group) is 1. The molecule has 1 aliphatic rings. The molecule has 1 aliphatic heterocycles. The van der Waals surface area contributed by atoms with Crippen LogP contribution < -0.4 is 0 Å². The van der Waals surface area contributed by atoms with Crippen molar-refractivity contribution in [3.8, 4) is 0 Å². The molecule has 0 aliphatic carbocycles. The van der Waals surface area contributed by atoms with Gasteiger partial charge in [-0.25, -0.2) is 0 Å². The van der Waals surface area contributed by atoms with Gasteiger partial charge in [-0.05, 0) is 63.4 Å². The molecule has 116 valence electrons. The Kier molecular flexibility index (Phi) is 5.71. The zero-order chi connectivity index (χ0) is 15.4. The summed E-state index contributed by atoms with van der Waals surface area (Å²) in [7, 11) is 4.16. The Bertz CT molecular complexity index is 502. The minimum absolute atomic E-state index is 0.187. The first-order valence-electron chi connectivity index (χ1n) is 7.59. The first-order valence-corrected chi connectivity index (χ1v) is 8.75. The van der Waals surface area contributed by atoms with E-state index in [1.165, 1.54) is 11.1 Å². The number of benzene rings is 1. The maximum atomic E-state index is 12.9. The lowest BCUT2D eigenvalue weighted by Gasteiger charge is -2.32. The van der Waals surface area contributed by atoms with Gasteiger partial charge >= 0.3 is 0 Å². The molecule has 0 bridgehead atoms. The largest absolute Gasteiger partial charge is 0.334 e. The van der Waals surface area contributed by atoms with E-state index in [2.05, 4.69) is 43.8 Å². The van der Waals surface area contributed by atoms with E-state index in [1.807, 2.05) is 23.9 Å². The molecular weight excluding hydrogens is 280 g/mol. The van der Waals surface area contributed by atoms with Gasteiger partial charge in [0.05, 0.1) is 6.04 Å². The second-order valence-electron chi connectivity index (χ2n) is 6.14. The molecule has 4 heteroatoms. The molecule has 3 nitrogen and oxygen atoms in total. The third-order valence-corrected chi connectivity index (χ3v) is 5.23. The zero-order valence-electron chi connectivity index (χ0n) is 13.6. The highest BCUT2D eigenvalue weighted by Gasteiger charge is 2.27. The Morgan fingerprint density at radius 3 is 2.76 bits per heavy atom. The van der Waals surface area contributed by atoms with E-state index >= 15 is 0 Å². The number of carbonyl (C=O) groups excluding carboxylic acids is 1. The second kappa shape index (κ2) is 7.32. The van der Waals surface area contributed by atoms with Crippen LogP contribution in [0.4, 0.5) is 0 Å². The first kappa shape index (κ1) is 16.4. The molecule has 2 rings (SSSR count). The molecule has 0 radical (unpaired) electrons. The average molecular weight is 306 g/mol. The van der Waals surface area contributed by atoms with Crippen LogP contribution in [-0.2, 0) is 0 Å². The third kappa shape index (κ3) is 4.24. The molecule has 1 aromatic rings. The van der Waals surface area contributed by atoms with E-state index in [-0.39, 0.29) is 5.91 Å². The molecule has 1 amide bonds.